The van der Waals surface area contributed by atoms with Crippen LogP contribution in [0.1, 0.15) is 40.7 Å². The number of nitrogens with zero attached hydrogens (tertiary/aromatic N) is 1. The Hall–Kier alpha value is -2.62. The van der Waals surface area contributed by atoms with Gasteiger partial charge in [-0.3, -0.25) is 9.59 Å². The van der Waals surface area contributed by atoms with Crippen molar-refractivity contribution < 1.29 is 9.59 Å². The smallest absolute Gasteiger partial charge is 0.253 e. The average molecular weight is 324 g/mol. The van der Waals surface area contributed by atoms with Gasteiger partial charge in [-0.05, 0) is 29.7 Å². The summed E-state index contributed by atoms with van der Waals surface area (Å²) in [5.74, 6) is -0.140. The van der Waals surface area contributed by atoms with E-state index >= 15 is 0 Å². The molecule has 1 N–H and O–H groups in total. The van der Waals surface area contributed by atoms with Crippen LogP contribution in [0.3, 0.4) is 0 Å². The summed E-state index contributed by atoms with van der Waals surface area (Å²) in [4.78, 5) is 25.8. The lowest BCUT2D eigenvalue weighted by Crippen LogP contribution is -2.28. The number of amides is 2. The Morgan fingerprint density at radius 2 is 1.62 bits per heavy atom. The van der Waals surface area contributed by atoms with Crippen molar-refractivity contribution in [3.63, 3.8) is 0 Å². The van der Waals surface area contributed by atoms with Crippen molar-refractivity contribution in [2.45, 2.75) is 25.8 Å². The van der Waals surface area contributed by atoms with E-state index in [1.807, 2.05) is 49.4 Å². The van der Waals surface area contributed by atoms with E-state index in [1.165, 1.54) is 0 Å². The highest BCUT2D eigenvalue weighted by atomic mass is 16.2. The Balaban J connectivity index is 1.97. The molecule has 0 saturated carbocycles. The molecule has 1 unspecified atom stereocenters. The van der Waals surface area contributed by atoms with Crippen molar-refractivity contribution in [1.82, 2.24) is 10.2 Å². The summed E-state index contributed by atoms with van der Waals surface area (Å²) < 4.78 is 0. The highest BCUT2D eigenvalue weighted by Crippen LogP contribution is 2.19. The molecule has 0 heterocycles. The van der Waals surface area contributed by atoms with Crippen LogP contribution in [0, 0.1) is 0 Å². The lowest BCUT2D eigenvalue weighted by Gasteiger charge is -2.15. The molecule has 0 spiro atoms. The Kier molecular flexibility index (Phi) is 6.13. The zero-order valence-electron chi connectivity index (χ0n) is 14.5. The van der Waals surface area contributed by atoms with Gasteiger partial charge in [0.2, 0.25) is 5.91 Å². The molecule has 1 atom stereocenters. The maximum absolute atomic E-state index is 12.4. The highest BCUT2D eigenvalue weighted by molar-refractivity contribution is 5.93. The van der Waals surface area contributed by atoms with Crippen LogP contribution in [0.2, 0.25) is 0 Å². The lowest BCUT2D eigenvalue weighted by atomic mass is 9.95. The van der Waals surface area contributed by atoms with Crippen molar-refractivity contribution in [3.8, 4) is 0 Å². The van der Waals surface area contributed by atoms with Crippen LogP contribution in [0.15, 0.2) is 54.6 Å². The number of carbonyl (C=O) groups is 2. The summed E-state index contributed by atoms with van der Waals surface area (Å²) in [6.07, 6.45) is 0.756. The van der Waals surface area contributed by atoms with Gasteiger partial charge < -0.3 is 10.2 Å². The van der Waals surface area contributed by atoms with E-state index < -0.39 is 0 Å². The molecule has 4 heteroatoms. The fourth-order valence-electron chi connectivity index (χ4n) is 2.59. The third kappa shape index (κ3) is 4.44. The van der Waals surface area contributed by atoms with Crippen LogP contribution in [-0.2, 0) is 11.3 Å². The van der Waals surface area contributed by atoms with Gasteiger partial charge in [-0.15, -0.1) is 0 Å². The van der Waals surface area contributed by atoms with Crippen LogP contribution in [0.25, 0.3) is 0 Å². The molecule has 2 aromatic rings. The maximum Gasteiger partial charge on any atom is 0.253 e. The Morgan fingerprint density at radius 3 is 2.17 bits per heavy atom. The Morgan fingerprint density at radius 1 is 1.00 bits per heavy atom. The van der Waals surface area contributed by atoms with Crippen molar-refractivity contribution in [3.05, 3.63) is 71.3 Å². The van der Waals surface area contributed by atoms with Gasteiger partial charge in [-0.2, -0.15) is 0 Å². The van der Waals surface area contributed by atoms with E-state index in [4.69, 9.17) is 0 Å². The van der Waals surface area contributed by atoms with Gasteiger partial charge >= 0.3 is 0 Å². The van der Waals surface area contributed by atoms with Gasteiger partial charge in [-0.1, -0.05) is 49.4 Å². The minimum atomic E-state index is -0.138. The fourth-order valence-corrected chi connectivity index (χ4v) is 2.59. The summed E-state index contributed by atoms with van der Waals surface area (Å²) in [5, 5.41) is 2.99. The molecular weight excluding hydrogens is 300 g/mol. The molecule has 0 aliphatic heterocycles. The third-order valence-electron chi connectivity index (χ3n) is 4.00. The molecule has 2 aromatic carbocycles. The average Bonchev–Trinajstić information content (AvgIpc) is 2.61. The number of nitrogens with one attached hydrogen (secondary N) is 1. The molecule has 0 saturated heterocycles. The maximum atomic E-state index is 12.4. The van der Waals surface area contributed by atoms with Gasteiger partial charge in [-0.25, -0.2) is 0 Å². The lowest BCUT2D eigenvalue weighted by molar-refractivity contribution is -0.122. The quantitative estimate of drug-likeness (QED) is 0.887. The van der Waals surface area contributed by atoms with Crippen molar-refractivity contribution in [2.75, 3.05) is 14.1 Å². The topological polar surface area (TPSA) is 49.4 Å². The summed E-state index contributed by atoms with van der Waals surface area (Å²) >= 11 is 0. The summed E-state index contributed by atoms with van der Waals surface area (Å²) in [6.45, 7) is 2.47. The van der Waals surface area contributed by atoms with Gasteiger partial charge in [0, 0.05) is 26.2 Å². The molecule has 126 valence electrons. The zero-order valence-corrected chi connectivity index (χ0v) is 14.5. The van der Waals surface area contributed by atoms with Crippen molar-refractivity contribution in [1.29, 1.82) is 0 Å². The molecule has 0 aliphatic rings. The van der Waals surface area contributed by atoms with E-state index in [1.54, 1.807) is 31.1 Å². The first-order valence-corrected chi connectivity index (χ1v) is 8.16. The van der Waals surface area contributed by atoms with E-state index in [-0.39, 0.29) is 17.7 Å². The first-order chi connectivity index (χ1) is 11.5. The van der Waals surface area contributed by atoms with E-state index in [9.17, 15) is 9.59 Å². The number of rotatable bonds is 6. The number of hydrogen-bond donors (Lipinski definition) is 1. The van der Waals surface area contributed by atoms with Crippen LogP contribution < -0.4 is 5.32 Å². The molecule has 0 fully saturated rings. The van der Waals surface area contributed by atoms with Crippen molar-refractivity contribution in [2.24, 2.45) is 0 Å². The molecule has 0 radical (unpaired) electrons. The highest BCUT2D eigenvalue weighted by Gasteiger charge is 2.17. The Bertz CT molecular complexity index is 679. The fraction of sp³-hybridized carbons (Fsp3) is 0.300. The normalized spacial score (nSPS) is 11.6. The minimum absolute atomic E-state index is 0.0251. The van der Waals surface area contributed by atoms with Gasteiger partial charge in [0.25, 0.3) is 5.91 Å². The summed E-state index contributed by atoms with van der Waals surface area (Å²) in [5.41, 5.74) is 2.65. The first kappa shape index (κ1) is 17.7. The summed E-state index contributed by atoms with van der Waals surface area (Å²) in [7, 11) is 3.45. The Labute approximate surface area is 143 Å². The molecule has 2 amide bonds. The molecule has 0 bridgehead atoms. The SMILES string of the molecule is CCC(C(=O)NCc1ccc(C(=O)N(C)C)cc1)c1ccccc1. The van der Waals surface area contributed by atoms with Gasteiger partial charge in [0.05, 0.1) is 5.92 Å². The molecule has 0 aromatic heterocycles. The predicted octanol–water partition coefficient (Wildman–Crippen LogP) is 3.20. The van der Waals surface area contributed by atoms with Crippen LogP contribution in [0.4, 0.5) is 0 Å². The zero-order chi connectivity index (χ0) is 17.5. The minimum Gasteiger partial charge on any atom is -0.351 e. The second kappa shape index (κ2) is 8.29. The molecular formula is C20H24N2O2. The molecule has 24 heavy (non-hydrogen) atoms. The monoisotopic (exact) mass is 324 g/mol. The number of carbonyl (C=O) groups excluding carboxylic acids is 2. The standard InChI is InChI=1S/C20H24N2O2/c1-4-18(16-8-6-5-7-9-16)19(23)21-14-15-10-12-17(13-11-15)20(24)22(2)3/h5-13,18H,4,14H2,1-3H3,(H,21,23). The van der Waals surface area contributed by atoms with E-state index in [0.29, 0.717) is 12.1 Å². The van der Waals surface area contributed by atoms with Crippen LogP contribution >= 0.6 is 0 Å². The second-order valence-corrected chi connectivity index (χ2v) is 5.99. The predicted molar refractivity (Wildman–Crippen MR) is 95.8 cm³/mol. The summed E-state index contributed by atoms with van der Waals surface area (Å²) in [6, 6.07) is 17.1. The first-order valence-electron chi connectivity index (χ1n) is 8.16. The third-order valence-corrected chi connectivity index (χ3v) is 4.00. The molecule has 0 aliphatic carbocycles. The molecule has 2 rings (SSSR count). The second-order valence-electron chi connectivity index (χ2n) is 5.99. The van der Waals surface area contributed by atoms with Gasteiger partial charge in [0.1, 0.15) is 0 Å². The largest absolute Gasteiger partial charge is 0.351 e. The molecule has 4 nitrogen and oxygen atoms in total. The van der Waals surface area contributed by atoms with Gasteiger partial charge in [0.15, 0.2) is 0 Å². The number of benzene rings is 2. The van der Waals surface area contributed by atoms with Crippen LogP contribution in [-0.4, -0.2) is 30.8 Å². The number of hydrogen-bond acceptors (Lipinski definition) is 2. The van der Waals surface area contributed by atoms with Crippen molar-refractivity contribution >= 4 is 11.8 Å². The van der Waals surface area contributed by atoms with E-state index in [0.717, 1.165) is 17.5 Å². The van der Waals surface area contributed by atoms with E-state index in [2.05, 4.69) is 5.32 Å². The van der Waals surface area contributed by atoms with Crippen LogP contribution in [0.5, 0.6) is 0 Å².